The molecule has 0 aliphatic rings. The Labute approximate surface area is 86.5 Å². The topological polar surface area (TPSA) is 60.2 Å². The first kappa shape index (κ1) is 9.92. The summed E-state index contributed by atoms with van der Waals surface area (Å²) in [5.41, 5.74) is 6.05. The molecule has 3 nitrogen and oxygen atoms in total. The average molecular weight is 225 g/mol. The summed E-state index contributed by atoms with van der Waals surface area (Å²) in [6.07, 6.45) is 0. The van der Waals surface area contributed by atoms with Gasteiger partial charge in [-0.1, -0.05) is 18.2 Å². The number of fused-ring (bicyclic) bond motifs is 1. The van der Waals surface area contributed by atoms with Crippen molar-refractivity contribution < 1.29 is 12.3 Å². The van der Waals surface area contributed by atoms with Crippen molar-refractivity contribution in [1.82, 2.24) is 0 Å². The molecule has 0 spiro atoms. The molecule has 5 heteroatoms. The Morgan fingerprint density at radius 1 is 1.13 bits per heavy atom. The lowest BCUT2D eigenvalue weighted by Crippen LogP contribution is -1.93. The van der Waals surface area contributed by atoms with Gasteiger partial charge in [0.05, 0.1) is 0 Å². The smallest absolute Gasteiger partial charge is 0.332 e. The predicted molar refractivity (Wildman–Crippen MR) is 56.7 cm³/mol. The first-order chi connectivity index (χ1) is 6.98. The van der Waals surface area contributed by atoms with Crippen molar-refractivity contribution in [3.8, 4) is 0 Å². The van der Waals surface area contributed by atoms with Crippen molar-refractivity contribution in [3.63, 3.8) is 0 Å². The van der Waals surface area contributed by atoms with Gasteiger partial charge < -0.3 is 5.73 Å². The lowest BCUT2D eigenvalue weighted by Gasteiger charge is -2.02. The van der Waals surface area contributed by atoms with E-state index in [1.807, 2.05) is 0 Å². The standard InChI is InChI=1S/C10H8FNO2S/c11-15(13,14)10-3-1-2-7-6-8(12)4-5-9(7)10/h1-6H,12H2. The molecule has 0 bridgehead atoms. The molecule has 0 aliphatic heterocycles. The Kier molecular flexibility index (Phi) is 2.12. The molecule has 0 atom stereocenters. The van der Waals surface area contributed by atoms with Crippen molar-refractivity contribution in [2.75, 3.05) is 5.73 Å². The highest BCUT2D eigenvalue weighted by Gasteiger charge is 2.15. The first-order valence-corrected chi connectivity index (χ1v) is 5.60. The Morgan fingerprint density at radius 3 is 2.53 bits per heavy atom. The zero-order valence-electron chi connectivity index (χ0n) is 7.64. The largest absolute Gasteiger partial charge is 0.399 e. The molecular weight excluding hydrogens is 217 g/mol. The van der Waals surface area contributed by atoms with Crippen molar-refractivity contribution in [2.24, 2.45) is 0 Å². The molecule has 0 unspecified atom stereocenters. The molecule has 0 saturated carbocycles. The quantitative estimate of drug-likeness (QED) is 0.597. The third-order valence-electron chi connectivity index (χ3n) is 2.13. The van der Waals surface area contributed by atoms with E-state index in [4.69, 9.17) is 5.73 Å². The van der Waals surface area contributed by atoms with Crippen molar-refractivity contribution >= 4 is 26.7 Å². The van der Waals surface area contributed by atoms with E-state index >= 15 is 0 Å². The lowest BCUT2D eigenvalue weighted by atomic mass is 10.1. The molecule has 0 saturated heterocycles. The zero-order chi connectivity index (χ0) is 11.1. The zero-order valence-corrected chi connectivity index (χ0v) is 8.46. The third-order valence-corrected chi connectivity index (χ3v) is 3.01. The SMILES string of the molecule is Nc1ccc2c(S(=O)(=O)F)cccc2c1. The molecular formula is C10H8FNO2S. The predicted octanol–water partition coefficient (Wildman–Crippen LogP) is 2.08. The molecule has 0 amide bonds. The summed E-state index contributed by atoms with van der Waals surface area (Å²) >= 11 is 0. The van der Waals surface area contributed by atoms with Gasteiger partial charge in [-0.25, -0.2) is 0 Å². The molecule has 0 aromatic heterocycles. The third kappa shape index (κ3) is 1.78. The van der Waals surface area contributed by atoms with Gasteiger partial charge in [0.1, 0.15) is 4.90 Å². The van der Waals surface area contributed by atoms with Crippen LogP contribution < -0.4 is 5.73 Å². The summed E-state index contributed by atoms with van der Waals surface area (Å²) in [5.74, 6) is 0. The van der Waals surface area contributed by atoms with Crippen molar-refractivity contribution in [1.29, 1.82) is 0 Å². The van der Waals surface area contributed by atoms with Gasteiger partial charge in [0, 0.05) is 11.1 Å². The Bertz CT molecular complexity index is 622. The van der Waals surface area contributed by atoms with E-state index in [2.05, 4.69) is 0 Å². The molecule has 2 aromatic carbocycles. The minimum Gasteiger partial charge on any atom is -0.399 e. The molecule has 0 fully saturated rings. The maximum absolute atomic E-state index is 12.9. The van der Waals surface area contributed by atoms with Gasteiger partial charge in [-0.2, -0.15) is 8.42 Å². The normalized spacial score (nSPS) is 11.8. The molecule has 0 radical (unpaired) electrons. The summed E-state index contributed by atoms with van der Waals surface area (Å²) in [4.78, 5) is -0.319. The van der Waals surface area contributed by atoms with Crippen LogP contribution in [-0.4, -0.2) is 8.42 Å². The number of nitrogens with two attached hydrogens (primary N) is 1. The highest BCUT2D eigenvalue weighted by atomic mass is 32.3. The van der Waals surface area contributed by atoms with E-state index in [1.54, 1.807) is 12.1 Å². The van der Waals surface area contributed by atoms with E-state index in [0.717, 1.165) is 0 Å². The van der Waals surface area contributed by atoms with Crippen LogP contribution in [0.1, 0.15) is 0 Å². The minimum absolute atomic E-state index is 0.319. The molecule has 2 N–H and O–H groups in total. The highest BCUT2D eigenvalue weighted by molar-refractivity contribution is 7.86. The number of halogens is 1. The second-order valence-electron chi connectivity index (χ2n) is 3.17. The van der Waals surface area contributed by atoms with Crippen LogP contribution in [0, 0.1) is 0 Å². The minimum atomic E-state index is -4.68. The molecule has 0 heterocycles. The maximum Gasteiger partial charge on any atom is 0.332 e. The second-order valence-corrected chi connectivity index (χ2v) is 4.49. The summed E-state index contributed by atoms with van der Waals surface area (Å²) in [5, 5.41) is 0.947. The van der Waals surface area contributed by atoms with Gasteiger partial charge in [0.2, 0.25) is 0 Å². The summed E-state index contributed by atoms with van der Waals surface area (Å²) in [7, 11) is -4.68. The van der Waals surface area contributed by atoms with Crippen LogP contribution in [0.15, 0.2) is 41.3 Å². The van der Waals surface area contributed by atoms with E-state index in [0.29, 0.717) is 16.5 Å². The highest BCUT2D eigenvalue weighted by Crippen LogP contribution is 2.25. The number of rotatable bonds is 1. The molecule has 2 rings (SSSR count). The fourth-order valence-corrected chi connectivity index (χ4v) is 2.17. The number of hydrogen-bond acceptors (Lipinski definition) is 3. The van der Waals surface area contributed by atoms with Gasteiger partial charge in [-0.15, -0.1) is 3.89 Å². The van der Waals surface area contributed by atoms with Crippen LogP contribution in [0.5, 0.6) is 0 Å². The summed E-state index contributed by atoms with van der Waals surface area (Å²) in [6.45, 7) is 0. The Hall–Kier alpha value is -1.62. The average Bonchev–Trinajstić information content (AvgIpc) is 2.15. The van der Waals surface area contributed by atoms with E-state index in [-0.39, 0.29) is 4.90 Å². The van der Waals surface area contributed by atoms with Crippen LogP contribution in [0.3, 0.4) is 0 Å². The molecule has 78 valence electrons. The van der Waals surface area contributed by atoms with Crippen LogP contribution >= 0.6 is 0 Å². The first-order valence-electron chi connectivity index (χ1n) is 4.21. The Morgan fingerprint density at radius 2 is 1.87 bits per heavy atom. The Balaban J connectivity index is 2.89. The van der Waals surface area contributed by atoms with Crippen LogP contribution in [-0.2, 0) is 10.2 Å². The van der Waals surface area contributed by atoms with E-state index in [9.17, 15) is 12.3 Å². The number of hydrogen-bond donors (Lipinski definition) is 1. The molecule has 2 aromatic rings. The van der Waals surface area contributed by atoms with Gasteiger partial charge >= 0.3 is 10.2 Å². The molecule has 15 heavy (non-hydrogen) atoms. The second kappa shape index (κ2) is 3.20. The number of anilines is 1. The monoisotopic (exact) mass is 225 g/mol. The van der Waals surface area contributed by atoms with Crippen molar-refractivity contribution in [3.05, 3.63) is 36.4 Å². The van der Waals surface area contributed by atoms with Crippen LogP contribution in [0.4, 0.5) is 9.57 Å². The van der Waals surface area contributed by atoms with Crippen molar-refractivity contribution in [2.45, 2.75) is 4.90 Å². The fourth-order valence-electron chi connectivity index (χ4n) is 1.49. The lowest BCUT2D eigenvalue weighted by molar-refractivity contribution is 0.553. The van der Waals surface area contributed by atoms with Crippen LogP contribution in [0.25, 0.3) is 10.8 Å². The van der Waals surface area contributed by atoms with E-state index < -0.39 is 10.2 Å². The number of benzene rings is 2. The van der Waals surface area contributed by atoms with Gasteiger partial charge in [-0.05, 0) is 23.6 Å². The summed E-state index contributed by atoms with van der Waals surface area (Å²) in [6, 6.07) is 9.03. The van der Waals surface area contributed by atoms with Gasteiger partial charge in [0.15, 0.2) is 0 Å². The van der Waals surface area contributed by atoms with E-state index in [1.165, 1.54) is 24.3 Å². The fraction of sp³-hybridized carbons (Fsp3) is 0. The van der Waals surface area contributed by atoms with Gasteiger partial charge in [-0.3, -0.25) is 0 Å². The number of nitrogen functional groups attached to an aromatic ring is 1. The van der Waals surface area contributed by atoms with Crippen LogP contribution in [0.2, 0.25) is 0 Å². The van der Waals surface area contributed by atoms with Gasteiger partial charge in [0.25, 0.3) is 0 Å². The summed E-state index contributed by atoms with van der Waals surface area (Å²) < 4.78 is 34.6. The maximum atomic E-state index is 12.9. The molecule has 0 aliphatic carbocycles.